The summed E-state index contributed by atoms with van der Waals surface area (Å²) in [7, 11) is 0. The molecule has 0 aliphatic carbocycles. The summed E-state index contributed by atoms with van der Waals surface area (Å²) in [4.78, 5) is 0. The van der Waals surface area contributed by atoms with Gasteiger partial charge in [0, 0.05) is 17.7 Å². The average molecular weight is 318 g/mol. The second-order valence-corrected chi connectivity index (χ2v) is 6.36. The predicted octanol–water partition coefficient (Wildman–Crippen LogP) is 4.84. The fourth-order valence-electron chi connectivity index (χ4n) is 3.81. The summed E-state index contributed by atoms with van der Waals surface area (Å²) >= 11 is 0. The van der Waals surface area contributed by atoms with Crippen molar-refractivity contribution in [2.75, 3.05) is 0 Å². The Morgan fingerprint density at radius 1 is 1.21 bits per heavy atom. The Bertz CT molecular complexity index is 801. The van der Waals surface area contributed by atoms with Crippen LogP contribution in [0.4, 0.5) is 0 Å². The molecule has 0 saturated heterocycles. The summed E-state index contributed by atoms with van der Waals surface area (Å²) in [6.45, 7) is 12.8. The number of pyridine rings is 1. The van der Waals surface area contributed by atoms with Gasteiger partial charge in [0.2, 0.25) is 17.4 Å². The molecule has 1 aromatic heterocycles. The van der Waals surface area contributed by atoms with Gasteiger partial charge in [-0.2, -0.15) is 9.14 Å². The van der Waals surface area contributed by atoms with Gasteiger partial charge in [-0.1, -0.05) is 31.5 Å². The molecule has 2 unspecified atom stereocenters. The molecule has 2 nitrogen and oxygen atoms in total. The standard InChI is InChI=1S/C22H26N2/c1-5-11-20-18-12-7-8-13-19(18)21-14-9-10-16-24(21)22(20)17(3)23(4)15-6-2/h6-10,12-16,20,22H,3-5,11H2,1-2H3/q+2/b15-6-. The van der Waals surface area contributed by atoms with Crippen molar-refractivity contribution in [1.82, 2.24) is 0 Å². The van der Waals surface area contributed by atoms with Crippen LogP contribution in [0.5, 0.6) is 0 Å². The molecule has 0 N–H and O–H groups in total. The third-order valence-electron chi connectivity index (χ3n) is 4.85. The fraction of sp³-hybridized carbons (Fsp3) is 0.273. The molecule has 0 spiro atoms. The highest BCUT2D eigenvalue weighted by Crippen LogP contribution is 2.42. The molecule has 2 atom stereocenters. The lowest BCUT2D eigenvalue weighted by Gasteiger charge is -2.29. The summed E-state index contributed by atoms with van der Waals surface area (Å²) in [6.07, 6.45) is 8.43. The maximum absolute atomic E-state index is 4.39. The van der Waals surface area contributed by atoms with Gasteiger partial charge in [-0.05, 0) is 43.7 Å². The van der Waals surface area contributed by atoms with E-state index in [4.69, 9.17) is 0 Å². The van der Waals surface area contributed by atoms with Crippen molar-refractivity contribution < 1.29 is 9.14 Å². The third kappa shape index (κ3) is 2.73. The van der Waals surface area contributed by atoms with Crippen molar-refractivity contribution in [3.8, 4) is 11.3 Å². The smallest absolute Gasteiger partial charge is 0.184 e. The number of nitrogens with zero attached hydrogens (tertiary/aromatic N) is 2. The van der Waals surface area contributed by atoms with Gasteiger partial charge < -0.3 is 0 Å². The Morgan fingerprint density at radius 3 is 2.71 bits per heavy atom. The molecule has 24 heavy (non-hydrogen) atoms. The maximum atomic E-state index is 4.39. The zero-order chi connectivity index (χ0) is 17.1. The van der Waals surface area contributed by atoms with Crippen LogP contribution in [-0.2, 0) is 0 Å². The normalized spacial score (nSPS) is 18.9. The number of hydrogen-bond acceptors (Lipinski definition) is 0. The summed E-state index contributed by atoms with van der Waals surface area (Å²) in [5.74, 6) is 0.410. The Balaban J connectivity index is 2.19. The zero-order valence-corrected chi connectivity index (χ0v) is 14.7. The molecule has 1 aliphatic heterocycles. The molecular weight excluding hydrogens is 292 g/mol. The largest absolute Gasteiger partial charge is 0.248 e. The number of benzene rings is 1. The molecule has 0 amide bonds. The average Bonchev–Trinajstić information content (AvgIpc) is 2.62. The van der Waals surface area contributed by atoms with Gasteiger partial charge in [-0.3, -0.25) is 0 Å². The SMILES string of the molecule is C=C(C1C(CCC)c2ccccc2-c2cccc[n+]21)[N+](=C)/C=C\C. The van der Waals surface area contributed by atoms with Crippen molar-refractivity contribution in [3.05, 3.63) is 78.8 Å². The predicted molar refractivity (Wildman–Crippen MR) is 100 cm³/mol. The van der Waals surface area contributed by atoms with E-state index in [-0.39, 0.29) is 6.04 Å². The van der Waals surface area contributed by atoms with E-state index in [1.165, 1.54) is 16.8 Å². The van der Waals surface area contributed by atoms with E-state index in [1.54, 1.807) is 0 Å². The van der Waals surface area contributed by atoms with Gasteiger partial charge in [0.1, 0.15) is 6.72 Å². The van der Waals surface area contributed by atoms with Crippen LogP contribution in [0.2, 0.25) is 0 Å². The van der Waals surface area contributed by atoms with Gasteiger partial charge in [-0.15, -0.1) is 0 Å². The third-order valence-corrected chi connectivity index (χ3v) is 4.85. The van der Waals surface area contributed by atoms with Gasteiger partial charge in [-0.25, -0.2) is 0 Å². The molecular formula is C22H26N2+2. The Hall–Kier alpha value is -2.48. The Labute approximate surface area is 145 Å². The molecule has 0 saturated carbocycles. The molecule has 2 heterocycles. The Kier molecular flexibility index (Phi) is 4.75. The van der Waals surface area contributed by atoms with E-state index < -0.39 is 0 Å². The van der Waals surface area contributed by atoms with E-state index in [2.05, 4.69) is 73.4 Å². The second-order valence-electron chi connectivity index (χ2n) is 6.36. The summed E-state index contributed by atoms with van der Waals surface area (Å²) in [5.41, 5.74) is 5.03. The quantitative estimate of drug-likeness (QED) is 0.550. The van der Waals surface area contributed by atoms with Crippen molar-refractivity contribution >= 4 is 6.72 Å². The summed E-state index contributed by atoms with van der Waals surface area (Å²) < 4.78 is 4.28. The van der Waals surface area contributed by atoms with Crippen LogP contribution < -0.4 is 4.57 Å². The van der Waals surface area contributed by atoms with Crippen molar-refractivity contribution in [2.45, 2.75) is 38.6 Å². The lowest BCUT2D eigenvalue weighted by molar-refractivity contribution is -0.723. The molecule has 2 heteroatoms. The summed E-state index contributed by atoms with van der Waals surface area (Å²) in [6, 6.07) is 15.4. The van der Waals surface area contributed by atoms with Crippen LogP contribution in [0, 0.1) is 0 Å². The molecule has 0 fully saturated rings. The minimum absolute atomic E-state index is 0.185. The highest BCUT2D eigenvalue weighted by atomic mass is 15.1. The van der Waals surface area contributed by atoms with E-state index in [0.29, 0.717) is 5.92 Å². The lowest BCUT2D eigenvalue weighted by Crippen LogP contribution is -2.49. The molecule has 1 aromatic carbocycles. The molecule has 0 bridgehead atoms. The number of fused-ring (bicyclic) bond motifs is 3. The number of allylic oxidation sites excluding steroid dienone is 2. The highest BCUT2D eigenvalue weighted by molar-refractivity contribution is 5.63. The van der Waals surface area contributed by atoms with Gasteiger partial charge in [0.05, 0.1) is 5.92 Å². The zero-order valence-electron chi connectivity index (χ0n) is 14.7. The first-order chi connectivity index (χ1) is 11.7. The maximum Gasteiger partial charge on any atom is 0.248 e. The minimum Gasteiger partial charge on any atom is -0.184 e. The first-order valence-electron chi connectivity index (χ1n) is 8.69. The van der Waals surface area contributed by atoms with Crippen molar-refractivity contribution in [3.63, 3.8) is 0 Å². The molecule has 1 aliphatic rings. The van der Waals surface area contributed by atoms with Crippen LogP contribution >= 0.6 is 0 Å². The van der Waals surface area contributed by atoms with Gasteiger partial charge in [0.25, 0.3) is 0 Å². The molecule has 2 aromatic rings. The van der Waals surface area contributed by atoms with E-state index in [1.807, 2.05) is 23.8 Å². The topological polar surface area (TPSA) is 6.89 Å². The Morgan fingerprint density at radius 2 is 1.96 bits per heavy atom. The number of rotatable bonds is 5. The number of aromatic nitrogens is 1. The molecule has 3 rings (SSSR count). The van der Waals surface area contributed by atoms with Crippen LogP contribution in [0.1, 0.15) is 44.2 Å². The first kappa shape index (κ1) is 16.4. The van der Waals surface area contributed by atoms with Crippen LogP contribution in [0.25, 0.3) is 11.3 Å². The second kappa shape index (κ2) is 6.96. The van der Waals surface area contributed by atoms with Crippen molar-refractivity contribution in [2.24, 2.45) is 0 Å². The van der Waals surface area contributed by atoms with Gasteiger partial charge in [0.15, 0.2) is 12.4 Å². The fourth-order valence-corrected chi connectivity index (χ4v) is 3.81. The monoisotopic (exact) mass is 318 g/mol. The van der Waals surface area contributed by atoms with E-state index in [0.717, 1.165) is 18.5 Å². The van der Waals surface area contributed by atoms with Gasteiger partial charge >= 0.3 is 0 Å². The van der Waals surface area contributed by atoms with Crippen LogP contribution in [0.3, 0.4) is 0 Å². The lowest BCUT2D eigenvalue weighted by atomic mass is 9.79. The summed E-state index contributed by atoms with van der Waals surface area (Å²) in [5, 5.41) is 0. The van der Waals surface area contributed by atoms with Crippen molar-refractivity contribution in [1.29, 1.82) is 0 Å². The van der Waals surface area contributed by atoms with Crippen LogP contribution in [0.15, 0.2) is 73.2 Å². The minimum atomic E-state index is 0.185. The van der Waals surface area contributed by atoms with E-state index >= 15 is 0 Å². The highest BCUT2D eigenvalue weighted by Gasteiger charge is 2.44. The first-order valence-corrected chi connectivity index (χ1v) is 8.69. The van der Waals surface area contributed by atoms with E-state index in [9.17, 15) is 0 Å². The molecule has 122 valence electrons. The number of hydrogen-bond donors (Lipinski definition) is 0. The molecule has 0 radical (unpaired) electrons. The van der Waals surface area contributed by atoms with Crippen LogP contribution in [-0.4, -0.2) is 11.3 Å².